The van der Waals surface area contributed by atoms with Crippen LogP contribution in [0.1, 0.15) is 23.2 Å². The van der Waals surface area contributed by atoms with Crippen LogP contribution in [0.25, 0.3) is 0 Å². The van der Waals surface area contributed by atoms with Crippen LogP contribution in [-0.4, -0.2) is 0 Å². The second-order valence-electron chi connectivity index (χ2n) is 7.23. The van der Waals surface area contributed by atoms with Crippen LogP contribution in [0.4, 0.5) is 0 Å². The third-order valence-corrected chi connectivity index (χ3v) is 7.96. The summed E-state index contributed by atoms with van der Waals surface area (Å²) in [5, 5.41) is 5.03. The van der Waals surface area contributed by atoms with E-state index < -0.39 is 7.29 Å². The minimum absolute atomic E-state index is 0.333. The minimum atomic E-state index is -3.15. The number of hydrogen-bond donors (Lipinski definition) is 2. The SMILES string of the molecule is N[C@@H](c1ccccc1)[C@@H](NP(=O)(c1ccccc1)c1ccccc1)c1ccccc1. The molecule has 4 rings (SSSR count). The van der Waals surface area contributed by atoms with Crippen molar-refractivity contribution < 1.29 is 4.57 Å². The van der Waals surface area contributed by atoms with Gasteiger partial charge in [0.1, 0.15) is 0 Å². The summed E-state index contributed by atoms with van der Waals surface area (Å²) < 4.78 is 14.6. The summed E-state index contributed by atoms with van der Waals surface area (Å²) in [6.07, 6.45) is 0. The van der Waals surface area contributed by atoms with Crippen molar-refractivity contribution in [1.29, 1.82) is 0 Å². The maximum Gasteiger partial charge on any atom is 0.205 e. The van der Waals surface area contributed by atoms with Gasteiger partial charge < -0.3 is 5.73 Å². The van der Waals surface area contributed by atoms with Gasteiger partial charge in [0.2, 0.25) is 7.29 Å². The Morgan fingerprint density at radius 2 is 0.933 bits per heavy atom. The van der Waals surface area contributed by atoms with Crippen molar-refractivity contribution in [2.45, 2.75) is 12.1 Å². The molecule has 0 unspecified atom stereocenters. The van der Waals surface area contributed by atoms with E-state index in [0.717, 1.165) is 21.7 Å². The third-order valence-electron chi connectivity index (χ3n) is 5.26. The zero-order valence-electron chi connectivity index (χ0n) is 16.6. The van der Waals surface area contributed by atoms with Gasteiger partial charge >= 0.3 is 0 Å². The summed E-state index contributed by atoms with van der Waals surface area (Å²) in [7, 11) is -3.15. The Morgan fingerprint density at radius 3 is 1.37 bits per heavy atom. The van der Waals surface area contributed by atoms with Gasteiger partial charge in [0, 0.05) is 16.7 Å². The highest BCUT2D eigenvalue weighted by Gasteiger charge is 2.33. The molecule has 3 nitrogen and oxygen atoms in total. The monoisotopic (exact) mass is 412 g/mol. The Morgan fingerprint density at radius 1 is 0.567 bits per heavy atom. The van der Waals surface area contributed by atoms with Crippen LogP contribution in [0.5, 0.6) is 0 Å². The zero-order valence-corrected chi connectivity index (χ0v) is 17.5. The van der Waals surface area contributed by atoms with Crippen molar-refractivity contribution in [2.24, 2.45) is 5.73 Å². The van der Waals surface area contributed by atoms with E-state index in [1.165, 1.54) is 0 Å². The van der Waals surface area contributed by atoms with Gasteiger partial charge in [-0.1, -0.05) is 97.1 Å². The van der Waals surface area contributed by atoms with E-state index >= 15 is 0 Å². The average Bonchev–Trinajstić information content (AvgIpc) is 2.84. The van der Waals surface area contributed by atoms with E-state index in [4.69, 9.17) is 5.73 Å². The molecule has 0 aliphatic heterocycles. The van der Waals surface area contributed by atoms with Crippen molar-refractivity contribution >= 4 is 17.9 Å². The fraction of sp³-hybridized carbons (Fsp3) is 0.0769. The van der Waals surface area contributed by atoms with Crippen molar-refractivity contribution in [3.63, 3.8) is 0 Å². The van der Waals surface area contributed by atoms with Crippen LogP contribution in [0.3, 0.4) is 0 Å². The van der Waals surface area contributed by atoms with Gasteiger partial charge in [-0.05, 0) is 35.4 Å². The molecule has 2 atom stereocenters. The Hall–Kier alpha value is -2.97. The summed E-state index contributed by atoms with van der Waals surface area (Å²) >= 11 is 0. The largest absolute Gasteiger partial charge is 0.322 e. The molecule has 150 valence electrons. The van der Waals surface area contributed by atoms with E-state index in [0.29, 0.717) is 0 Å². The Labute approximate surface area is 178 Å². The number of benzene rings is 4. The summed E-state index contributed by atoms with van der Waals surface area (Å²) in [4.78, 5) is 0. The van der Waals surface area contributed by atoms with E-state index in [-0.39, 0.29) is 12.1 Å². The van der Waals surface area contributed by atoms with Crippen LogP contribution in [0.15, 0.2) is 121 Å². The molecule has 3 N–H and O–H groups in total. The standard InChI is InChI=1S/C26H25N2OP/c27-25(21-13-5-1-6-14-21)26(22-15-7-2-8-16-22)28-30(29,23-17-9-3-10-18-23)24-19-11-4-12-20-24/h1-20,25-26H,27H2,(H,28,29)/t25-,26-/m0/s1. The van der Waals surface area contributed by atoms with Crippen molar-refractivity contribution in [2.75, 3.05) is 0 Å². The van der Waals surface area contributed by atoms with Crippen LogP contribution in [0, 0.1) is 0 Å². The smallest absolute Gasteiger partial charge is 0.205 e. The first-order valence-electron chi connectivity index (χ1n) is 10.0. The zero-order chi connectivity index (χ0) is 20.8. The average molecular weight is 412 g/mol. The molecular formula is C26H25N2OP. The number of nitrogens with two attached hydrogens (primary N) is 1. The van der Waals surface area contributed by atoms with Crippen LogP contribution in [0.2, 0.25) is 0 Å². The second kappa shape index (κ2) is 9.23. The van der Waals surface area contributed by atoms with Crippen LogP contribution < -0.4 is 21.4 Å². The number of rotatable bonds is 7. The lowest BCUT2D eigenvalue weighted by Crippen LogP contribution is -2.36. The van der Waals surface area contributed by atoms with E-state index in [9.17, 15) is 4.57 Å². The molecule has 0 saturated carbocycles. The Bertz CT molecular complexity index is 1060. The highest BCUT2D eigenvalue weighted by atomic mass is 31.2. The summed E-state index contributed by atoms with van der Waals surface area (Å²) in [5.74, 6) is 0. The lowest BCUT2D eigenvalue weighted by Gasteiger charge is -2.31. The predicted molar refractivity (Wildman–Crippen MR) is 125 cm³/mol. The Kier molecular flexibility index (Phi) is 6.25. The first kappa shape index (κ1) is 20.3. The lowest BCUT2D eigenvalue weighted by atomic mass is 9.95. The molecule has 0 spiro atoms. The molecule has 0 amide bonds. The maximum atomic E-state index is 14.6. The van der Waals surface area contributed by atoms with Gasteiger partial charge in [-0.2, -0.15) is 0 Å². The molecular weight excluding hydrogens is 387 g/mol. The molecule has 0 aromatic heterocycles. The van der Waals surface area contributed by atoms with E-state index in [1.807, 2.05) is 121 Å². The second-order valence-corrected chi connectivity index (χ2v) is 9.74. The van der Waals surface area contributed by atoms with E-state index in [2.05, 4.69) is 5.09 Å². The maximum absolute atomic E-state index is 14.6. The van der Waals surface area contributed by atoms with Crippen LogP contribution in [-0.2, 0) is 4.57 Å². The van der Waals surface area contributed by atoms with Gasteiger partial charge in [0.05, 0.1) is 6.04 Å². The van der Waals surface area contributed by atoms with Gasteiger partial charge in [-0.15, -0.1) is 0 Å². The van der Waals surface area contributed by atoms with Crippen molar-refractivity contribution in [3.05, 3.63) is 132 Å². The topological polar surface area (TPSA) is 55.1 Å². The molecule has 0 bridgehead atoms. The lowest BCUT2D eigenvalue weighted by molar-refractivity contribution is 0.511. The number of hydrogen-bond acceptors (Lipinski definition) is 2. The minimum Gasteiger partial charge on any atom is -0.322 e. The highest BCUT2D eigenvalue weighted by molar-refractivity contribution is 7.76. The summed E-state index contributed by atoms with van der Waals surface area (Å²) in [6, 6.07) is 38.4. The molecule has 0 aliphatic carbocycles. The molecule has 4 aromatic carbocycles. The predicted octanol–water partition coefficient (Wildman–Crippen LogP) is 4.95. The van der Waals surface area contributed by atoms with Gasteiger partial charge in [0.25, 0.3) is 0 Å². The van der Waals surface area contributed by atoms with Gasteiger partial charge in [0.15, 0.2) is 0 Å². The Balaban J connectivity index is 1.82. The number of nitrogens with one attached hydrogen (secondary N) is 1. The molecule has 0 fully saturated rings. The highest BCUT2D eigenvalue weighted by Crippen LogP contribution is 2.44. The van der Waals surface area contributed by atoms with Crippen molar-refractivity contribution in [3.8, 4) is 0 Å². The van der Waals surface area contributed by atoms with Crippen LogP contribution >= 0.6 is 7.29 Å². The fourth-order valence-corrected chi connectivity index (χ4v) is 6.14. The van der Waals surface area contributed by atoms with E-state index in [1.54, 1.807) is 0 Å². The fourth-order valence-electron chi connectivity index (χ4n) is 3.66. The molecule has 30 heavy (non-hydrogen) atoms. The van der Waals surface area contributed by atoms with Gasteiger partial charge in [-0.25, -0.2) is 0 Å². The molecule has 4 heteroatoms. The molecule has 0 aliphatic rings. The molecule has 0 saturated heterocycles. The molecule has 0 heterocycles. The van der Waals surface area contributed by atoms with Gasteiger partial charge in [-0.3, -0.25) is 9.65 Å². The normalized spacial score (nSPS) is 13.5. The first-order valence-corrected chi connectivity index (χ1v) is 11.7. The van der Waals surface area contributed by atoms with Crippen molar-refractivity contribution in [1.82, 2.24) is 5.09 Å². The summed E-state index contributed by atoms with van der Waals surface area (Å²) in [5.41, 5.74) is 8.74. The summed E-state index contributed by atoms with van der Waals surface area (Å²) in [6.45, 7) is 0. The third kappa shape index (κ3) is 4.29. The quantitative estimate of drug-likeness (QED) is 0.423. The first-order chi connectivity index (χ1) is 14.7. The molecule has 4 aromatic rings. The molecule has 0 radical (unpaired) electrons.